The van der Waals surface area contributed by atoms with Crippen molar-refractivity contribution < 1.29 is 18.4 Å². The highest BCUT2D eigenvalue weighted by Crippen LogP contribution is 2.25. The molecule has 2 amide bonds. The van der Waals surface area contributed by atoms with Crippen LogP contribution in [0.4, 0.5) is 0 Å². The molecule has 6 nitrogen and oxygen atoms in total. The van der Waals surface area contributed by atoms with Crippen LogP contribution >= 0.6 is 0 Å². The van der Waals surface area contributed by atoms with Gasteiger partial charge < -0.3 is 19.5 Å². The lowest BCUT2D eigenvalue weighted by Crippen LogP contribution is -2.39. The van der Waals surface area contributed by atoms with E-state index in [1.54, 1.807) is 19.1 Å². The molecule has 2 aromatic heterocycles. The van der Waals surface area contributed by atoms with Crippen molar-refractivity contribution in [3.8, 4) is 0 Å². The van der Waals surface area contributed by atoms with E-state index in [4.69, 9.17) is 8.83 Å². The first-order valence-corrected chi connectivity index (χ1v) is 9.56. The Morgan fingerprint density at radius 3 is 1.89 bits per heavy atom. The second kappa shape index (κ2) is 8.03. The van der Waals surface area contributed by atoms with Gasteiger partial charge in [-0.05, 0) is 71.4 Å². The minimum Gasteiger partial charge on any atom is -0.466 e. The van der Waals surface area contributed by atoms with Crippen LogP contribution in [0.25, 0.3) is 0 Å². The summed E-state index contributed by atoms with van der Waals surface area (Å²) >= 11 is 0. The van der Waals surface area contributed by atoms with Crippen LogP contribution in [0.1, 0.15) is 69.4 Å². The van der Waals surface area contributed by atoms with Crippen LogP contribution in [-0.4, -0.2) is 24.4 Å². The summed E-state index contributed by atoms with van der Waals surface area (Å²) in [4.78, 5) is 24.7. The van der Waals surface area contributed by atoms with Crippen LogP contribution < -0.4 is 10.6 Å². The Morgan fingerprint density at radius 1 is 0.889 bits per heavy atom. The Hall–Kier alpha value is -2.50. The zero-order valence-corrected chi connectivity index (χ0v) is 16.5. The van der Waals surface area contributed by atoms with Crippen molar-refractivity contribution in [1.82, 2.24) is 10.6 Å². The zero-order valence-electron chi connectivity index (χ0n) is 16.5. The highest BCUT2D eigenvalue weighted by molar-refractivity contribution is 5.95. The molecule has 2 aromatic rings. The smallest absolute Gasteiger partial charge is 0.255 e. The predicted molar refractivity (Wildman–Crippen MR) is 102 cm³/mol. The van der Waals surface area contributed by atoms with E-state index in [0.717, 1.165) is 37.2 Å². The number of hydrogen-bond acceptors (Lipinski definition) is 4. The highest BCUT2D eigenvalue weighted by Gasteiger charge is 2.25. The van der Waals surface area contributed by atoms with Gasteiger partial charge in [0.25, 0.3) is 11.8 Å². The van der Waals surface area contributed by atoms with Crippen molar-refractivity contribution in [3.63, 3.8) is 0 Å². The molecule has 6 heteroatoms. The maximum Gasteiger partial charge on any atom is 0.255 e. The maximum atomic E-state index is 12.4. The van der Waals surface area contributed by atoms with Crippen molar-refractivity contribution in [2.75, 3.05) is 6.54 Å². The molecule has 0 bridgehead atoms. The summed E-state index contributed by atoms with van der Waals surface area (Å²) in [6.07, 6.45) is 3.81. The Bertz CT molecular complexity index is 825. The molecule has 0 radical (unpaired) electrons. The summed E-state index contributed by atoms with van der Waals surface area (Å²) in [5.74, 6) is 3.11. The first kappa shape index (κ1) is 19.3. The van der Waals surface area contributed by atoms with Crippen LogP contribution in [0.15, 0.2) is 21.0 Å². The van der Waals surface area contributed by atoms with Gasteiger partial charge in [0, 0.05) is 12.6 Å². The fourth-order valence-corrected chi connectivity index (χ4v) is 3.82. The molecule has 0 aliphatic heterocycles. The zero-order chi connectivity index (χ0) is 19.6. The van der Waals surface area contributed by atoms with Crippen molar-refractivity contribution >= 4 is 11.8 Å². The van der Waals surface area contributed by atoms with Gasteiger partial charge in [0.1, 0.15) is 23.0 Å². The molecular weight excluding hydrogens is 344 g/mol. The van der Waals surface area contributed by atoms with E-state index < -0.39 is 0 Å². The van der Waals surface area contributed by atoms with E-state index in [1.807, 2.05) is 20.8 Å². The lowest BCUT2D eigenvalue weighted by atomic mass is 9.86. The van der Waals surface area contributed by atoms with Gasteiger partial charge in [0.2, 0.25) is 0 Å². The average molecular weight is 372 g/mol. The Labute approximate surface area is 159 Å². The van der Waals surface area contributed by atoms with E-state index in [1.165, 1.54) is 0 Å². The summed E-state index contributed by atoms with van der Waals surface area (Å²) < 4.78 is 10.9. The number of carbonyl (C=O) groups excluding carboxylic acids is 2. The molecule has 0 unspecified atom stereocenters. The van der Waals surface area contributed by atoms with Crippen molar-refractivity contribution in [1.29, 1.82) is 0 Å². The van der Waals surface area contributed by atoms with Gasteiger partial charge in [0.05, 0.1) is 11.1 Å². The lowest BCUT2D eigenvalue weighted by Gasteiger charge is -2.29. The summed E-state index contributed by atoms with van der Waals surface area (Å²) in [5.41, 5.74) is 1.23. The predicted octanol–water partition coefficient (Wildman–Crippen LogP) is 3.82. The molecule has 0 saturated heterocycles. The maximum absolute atomic E-state index is 12.4. The molecule has 27 heavy (non-hydrogen) atoms. The topological polar surface area (TPSA) is 84.5 Å². The summed E-state index contributed by atoms with van der Waals surface area (Å²) in [5, 5.41) is 6.13. The summed E-state index contributed by atoms with van der Waals surface area (Å²) in [6, 6.07) is 3.74. The van der Waals surface area contributed by atoms with Crippen LogP contribution in [0.3, 0.4) is 0 Å². The molecule has 1 saturated carbocycles. The quantitative estimate of drug-likeness (QED) is 0.835. The normalized spacial score (nSPS) is 19.7. The average Bonchev–Trinajstić information content (AvgIpc) is 3.14. The molecule has 146 valence electrons. The fraction of sp³-hybridized carbons (Fsp3) is 0.524. The van der Waals surface area contributed by atoms with Crippen LogP contribution in [0.2, 0.25) is 0 Å². The largest absolute Gasteiger partial charge is 0.466 e. The first-order valence-electron chi connectivity index (χ1n) is 9.56. The first-order chi connectivity index (χ1) is 12.8. The monoisotopic (exact) mass is 372 g/mol. The number of aryl methyl sites for hydroxylation is 4. The molecule has 3 rings (SSSR count). The number of carbonyl (C=O) groups is 2. The second-order valence-electron chi connectivity index (χ2n) is 7.55. The molecule has 1 aliphatic carbocycles. The number of nitrogens with one attached hydrogen (secondary N) is 2. The molecule has 1 aliphatic rings. The van der Waals surface area contributed by atoms with Gasteiger partial charge in [-0.1, -0.05) is 0 Å². The van der Waals surface area contributed by atoms with Gasteiger partial charge in [0.15, 0.2) is 0 Å². The van der Waals surface area contributed by atoms with Crippen molar-refractivity contribution in [2.45, 2.75) is 59.4 Å². The van der Waals surface area contributed by atoms with E-state index in [0.29, 0.717) is 35.1 Å². The van der Waals surface area contributed by atoms with Gasteiger partial charge >= 0.3 is 0 Å². The molecular formula is C21H28N2O4. The minimum atomic E-state index is -0.0782. The molecule has 0 atom stereocenters. The standard InChI is InChI=1S/C21H28N2O4/c1-12-9-18(14(3)26-12)20(24)22-11-16-5-7-17(8-6-16)23-21(25)19-10-13(2)27-15(19)4/h9-10,16-17H,5-8,11H2,1-4H3,(H,22,24)(H,23,25). The van der Waals surface area contributed by atoms with Gasteiger partial charge in [-0.2, -0.15) is 0 Å². The molecule has 0 spiro atoms. The Morgan fingerprint density at radius 2 is 1.41 bits per heavy atom. The third-order valence-corrected chi connectivity index (χ3v) is 5.30. The van der Waals surface area contributed by atoms with Crippen LogP contribution in [0, 0.1) is 33.6 Å². The van der Waals surface area contributed by atoms with Crippen LogP contribution in [0.5, 0.6) is 0 Å². The van der Waals surface area contributed by atoms with E-state index in [2.05, 4.69) is 10.6 Å². The SMILES string of the molecule is Cc1cc(C(=O)NCC2CCC(NC(=O)c3cc(C)oc3C)CC2)c(C)o1. The Balaban J connectivity index is 1.44. The van der Waals surface area contributed by atoms with E-state index in [-0.39, 0.29) is 17.9 Å². The number of rotatable bonds is 5. The van der Waals surface area contributed by atoms with E-state index in [9.17, 15) is 9.59 Å². The van der Waals surface area contributed by atoms with Crippen molar-refractivity contribution in [3.05, 3.63) is 46.3 Å². The molecule has 2 heterocycles. The molecule has 1 fully saturated rings. The van der Waals surface area contributed by atoms with E-state index >= 15 is 0 Å². The highest BCUT2D eigenvalue weighted by atomic mass is 16.3. The summed E-state index contributed by atoms with van der Waals surface area (Å²) in [6.45, 7) is 7.95. The third-order valence-electron chi connectivity index (χ3n) is 5.30. The number of hydrogen-bond donors (Lipinski definition) is 2. The summed E-state index contributed by atoms with van der Waals surface area (Å²) in [7, 11) is 0. The third kappa shape index (κ3) is 4.62. The van der Waals surface area contributed by atoms with Gasteiger partial charge in [-0.3, -0.25) is 9.59 Å². The lowest BCUT2D eigenvalue weighted by molar-refractivity contribution is 0.0918. The fourth-order valence-electron chi connectivity index (χ4n) is 3.82. The van der Waals surface area contributed by atoms with Gasteiger partial charge in [-0.25, -0.2) is 0 Å². The minimum absolute atomic E-state index is 0.0631. The van der Waals surface area contributed by atoms with Gasteiger partial charge in [-0.15, -0.1) is 0 Å². The van der Waals surface area contributed by atoms with Crippen molar-refractivity contribution in [2.24, 2.45) is 5.92 Å². The Kier molecular flexibility index (Phi) is 5.73. The van der Waals surface area contributed by atoms with Crippen LogP contribution in [-0.2, 0) is 0 Å². The molecule has 0 aromatic carbocycles. The number of amides is 2. The second-order valence-corrected chi connectivity index (χ2v) is 7.55. The molecule has 2 N–H and O–H groups in total. The number of furan rings is 2.